The van der Waals surface area contributed by atoms with Crippen LogP contribution in [-0.2, 0) is 14.3 Å². The third-order valence-corrected chi connectivity index (χ3v) is 5.73. The Morgan fingerprint density at radius 3 is 2.30 bits per heavy atom. The normalized spacial score (nSPS) is 15.3. The van der Waals surface area contributed by atoms with Crippen LogP contribution in [0.25, 0.3) is 0 Å². The van der Waals surface area contributed by atoms with Crippen molar-refractivity contribution in [2.24, 2.45) is 0 Å². The highest BCUT2D eigenvalue weighted by Gasteiger charge is 2.43. The van der Waals surface area contributed by atoms with Gasteiger partial charge in [-0.05, 0) is 52.5 Å². The molecule has 1 aliphatic rings. The van der Waals surface area contributed by atoms with E-state index in [0.717, 1.165) is 43.2 Å². The molecule has 0 heterocycles. The predicted molar refractivity (Wildman–Crippen MR) is 133 cm³/mol. The Labute approximate surface area is 203 Å². The molecule has 3 amide bonds. The summed E-state index contributed by atoms with van der Waals surface area (Å²) in [5.41, 5.74) is 1.14. The lowest BCUT2D eigenvalue weighted by Crippen LogP contribution is -2.54. The minimum absolute atomic E-state index is 0.0481. The summed E-state index contributed by atoms with van der Waals surface area (Å²) in [5, 5.41) is 5.65. The second-order valence-electron chi connectivity index (χ2n) is 9.67. The van der Waals surface area contributed by atoms with Gasteiger partial charge in [-0.3, -0.25) is 9.59 Å². The number of hydrogen-bond acceptors (Lipinski definition) is 5. The summed E-state index contributed by atoms with van der Waals surface area (Å²) in [5.74, 6) is -0.432. The maximum absolute atomic E-state index is 13.6. The van der Waals surface area contributed by atoms with Crippen molar-refractivity contribution in [3.63, 3.8) is 0 Å². The molecule has 1 fully saturated rings. The molecule has 1 aromatic carbocycles. The summed E-state index contributed by atoms with van der Waals surface area (Å²) in [6.07, 6.45) is 3.94. The van der Waals surface area contributed by atoms with Crippen LogP contribution in [-0.4, -0.2) is 52.8 Å². The van der Waals surface area contributed by atoms with E-state index in [1.54, 1.807) is 25.7 Å². The third kappa shape index (κ3) is 8.57. The fourth-order valence-corrected chi connectivity index (χ4v) is 3.80. The molecule has 0 aliphatic heterocycles. The highest BCUT2D eigenvalue weighted by molar-refractivity contribution is 7.80. The van der Waals surface area contributed by atoms with Crippen LogP contribution in [0.5, 0.6) is 0 Å². The van der Waals surface area contributed by atoms with Crippen LogP contribution in [0.3, 0.4) is 0 Å². The fraction of sp³-hybridized carbons (Fsp3) is 0.640. The van der Waals surface area contributed by atoms with E-state index in [0.29, 0.717) is 6.54 Å². The largest absolute Gasteiger partial charge is 0.444 e. The average Bonchev–Trinajstić information content (AvgIpc) is 3.57. The molecule has 184 valence electrons. The molecule has 2 atom stereocenters. The summed E-state index contributed by atoms with van der Waals surface area (Å²) in [6, 6.07) is 5.96. The quantitative estimate of drug-likeness (QED) is 0.330. The first-order valence-electron chi connectivity index (χ1n) is 11.8. The Morgan fingerprint density at radius 2 is 1.79 bits per heavy atom. The van der Waals surface area contributed by atoms with Crippen LogP contribution in [0, 0.1) is 6.92 Å². The molecule has 2 unspecified atom stereocenters. The van der Waals surface area contributed by atoms with Crippen molar-refractivity contribution < 1.29 is 19.1 Å². The molecule has 0 radical (unpaired) electrons. The van der Waals surface area contributed by atoms with Gasteiger partial charge in [-0.1, -0.05) is 49.6 Å². The standard InChI is InChI=1S/C25H39N3O4S/c1-6-7-8-15-26-22(29)21(18-11-9-17(2)10-12-18)28(19-13-14-19)23(30)20(16-33)27-24(31)32-25(3,4)5/h9-12,19-21,33H,6-8,13-16H2,1-5H3,(H,26,29)(H,27,31). The third-order valence-electron chi connectivity index (χ3n) is 5.37. The second-order valence-corrected chi connectivity index (χ2v) is 10.0. The predicted octanol–water partition coefficient (Wildman–Crippen LogP) is 4.16. The molecule has 0 aromatic heterocycles. The van der Waals surface area contributed by atoms with E-state index in [2.05, 4.69) is 30.2 Å². The molecule has 7 nitrogen and oxygen atoms in total. The number of carbonyl (C=O) groups excluding carboxylic acids is 3. The number of nitrogens with zero attached hydrogens (tertiary/aromatic N) is 1. The van der Waals surface area contributed by atoms with E-state index >= 15 is 0 Å². The summed E-state index contributed by atoms with van der Waals surface area (Å²) in [4.78, 5) is 41.0. The molecular weight excluding hydrogens is 438 g/mol. The van der Waals surface area contributed by atoms with Crippen molar-refractivity contribution in [1.29, 1.82) is 0 Å². The molecule has 1 aliphatic carbocycles. The Bertz CT molecular complexity index is 803. The first-order valence-corrected chi connectivity index (χ1v) is 12.5. The number of carbonyl (C=O) groups is 3. The lowest BCUT2D eigenvalue weighted by atomic mass is 10.0. The molecule has 0 bridgehead atoms. The fourth-order valence-electron chi connectivity index (χ4n) is 3.56. The zero-order chi connectivity index (χ0) is 24.6. The van der Waals surface area contributed by atoms with Gasteiger partial charge < -0.3 is 20.3 Å². The van der Waals surface area contributed by atoms with Crippen LogP contribution >= 0.6 is 12.6 Å². The summed E-state index contributed by atoms with van der Waals surface area (Å²) in [7, 11) is 0. The number of rotatable bonds is 11. The van der Waals surface area contributed by atoms with Gasteiger partial charge in [0, 0.05) is 18.3 Å². The minimum atomic E-state index is -0.898. The van der Waals surface area contributed by atoms with Gasteiger partial charge in [-0.15, -0.1) is 0 Å². The van der Waals surface area contributed by atoms with E-state index in [1.807, 2.05) is 31.2 Å². The first kappa shape index (κ1) is 27.0. The molecule has 8 heteroatoms. The summed E-state index contributed by atoms with van der Waals surface area (Å²) < 4.78 is 5.32. The number of ether oxygens (including phenoxy) is 1. The van der Waals surface area contributed by atoms with Crippen LogP contribution < -0.4 is 10.6 Å². The van der Waals surface area contributed by atoms with Gasteiger partial charge in [0.25, 0.3) is 0 Å². The van der Waals surface area contributed by atoms with E-state index < -0.39 is 23.8 Å². The number of aryl methyl sites for hydroxylation is 1. The Balaban J connectivity index is 2.29. The SMILES string of the molecule is CCCCCNC(=O)C(c1ccc(C)cc1)N(C(=O)C(CS)NC(=O)OC(C)(C)C)C1CC1. The topological polar surface area (TPSA) is 87.7 Å². The molecule has 1 saturated carbocycles. The van der Waals surface area contributed by atoms with Crippen molar-refractivity contribution in [1.82, 2.24) is 15.5 Å². The highest BCUT2D eigenvalue weighted by Crippen LogP contribution is 2.35. The van der Waals surface area contributed by atoms with Gasteiger partial charge in [0.05, 0.1) is 0 Å². The van der Waals surface area contributed by atoms with Gasteiger partial charge in [-0.2, -0.15) is 12.6 Å². The smallest absolute Gasteiger partial charge is 0.408 e. The Hall–Kier alpha value is -2.22. The number of unbranched alkanes of at least 4 members (excludes halogenated alkanes) is 2. The van der Waals surface area contributed by atoms with E-state index in [9.17, 15) is 14.4 Å². The Morgan fingerprint density at radius 1 is 1.15 bits per heavy atom. The van der Waals surface area contributed by atoms with Gasteiger partial charge >= 0.3 is 6.09 Å². The second kappa shape index (κ2) is 12.3. The molecule has 0 spiro atoms. The number of nitrogens with one attached hydrogen (secondary N) is 2. The number of thiol groups is 1. The van der Waals surface area contributed by atoms with Crippen molar-refractivity contribution in [3.8, 4) is 0 Å². The molecular formula is C25H39N3O4S. The molecule has 0 saturated heterocycles. The van der Waals surface area contributed by atoms with Crippen LogP contribution in [0.15, 0.2) is 24.3 Å². The first-order chi connectivity index (χ1) is 15.6. The lowest BCUT2D eigenvalue weighted by molar-refractivity contribution is -0.142. The van der Waals surface area contributed by atoms with E-state index in [-0.39, 0.29) is 23.6 Å². The monoisotopic (exact) mass is 477 g/mol. The maximum Gasteiger partial charge on any atom is 0.408 e. The number of benzene rings is 1. The van der Waals surface area contributed by atoms with Gasteiger partial charge in [0.1, 0.15) is 17.7 Å². The summed E-state index contributed by atoms with van der Waals surface area (Å²) >= 11 is 4.31. The number of alkyl carbamates (subject to hydrolysis) is 1. The molecule has 2 N–H and O–H groups in total. The lowest BCUT2D eigenvalue weighted by Gasteiger charge is -2.34. The molecule has 2 rings (SSSR count). The van der Waals surface area contributed by atoms with Gasteiger partial charge in [-0.25, -0.2) is 4.79 Å². The average molecular weight is 478 g/mol. The van der Waals surface area contributed by atoms with Crippen molar-refractivity contribution in [3.05, 3.63) is 35.4 Å². The Kier molecular flexibility index (Phi) is 10.1. The minimum Gasteiger partial charge on any atom is -0.444 e. The molecule has 1 aromatic rings. The number of hydrogen-bond donors (Lipinski definition) is 3. The van der Waals surface area contributed by atoms with Crippen molar-refractivity contribution in [2.45, 2.75) is 90.4 Å². The van der Waals surface area contributed by atoms with Crippen molar-refractivity contribution in [2.75, 3.05) is 12.3 Å². The maximum atomic E-state index is 13.6. The van der Waals surface area contributed by atoms with Gasteiger partial charge in [0.2, 0.25) is 11.8 Å². The van der Waals surface area contributed by atoms with Crippen LogP contribution in [0.4, 0.5) is 4.79 Å². The summed E-state index contributed by atoms with van der Waals surface area (Å²) in [6.45, 7) is 9.94. The van der Waals surface area contributed by atoms with Crippen molar-refractivity contribution >= 4 is 30.5 Å². The van der Waals surface area contributed by atoms with Gasteiger partial charge in [0.15, 0.2) is 0 Å². The zero-order valence-corrected chi connectivity index (χ0v) is 21.4. The van der Waals surface area contributed by atoms with Crippen LogP contribution in [0.2, 0.25) is 0 Å². The van der Waals surface area contributed by atoms with E-state index in [4.69, 9.17) is 4.74 Å². The van der Waals surface area contributed by atoms with Crippen LogP contribution in [0.1, 0.15) is 77.0 Å². The van der Waals surface area contributed by atoms with E-state index in [1.165, 1.54) is 0 Å². The number of amides is 3. The zero-order valence-electron chi connectivity index (χ0n) is 20.5. The highest BCUT2D eigenvalue weighted by atomic mass is 32.1. The molecule has 33 heavy (non-hydrogen) atoms.